The minimum absolute atomic E-state index is 1.09. The van der Waals surface area contributed by atoms with Crippen molar-refractivity contribution in [1.82, 2.24) is 9.13 Å². The normalized spacial score (nSPS) is 11.5. The molecule has 0 radical (unpaired) electrons. The van der Waals surface area contributed by atoms with Gasteiger partial charge in [0.1, 0.15) is 0 Å². The van der Waals surface area contributed by atoms with Crippen LogP contribution < -0.4 is 0 Å². The number of rotatable bonds is 8. The lowest BCUT2D eigenvalue weighted by Gasteiger charge is -2.24. The highest BCUT2D eigenvalue weighted by atomic mass is 15.0. The molecule has 2 nitrogen and oxygen atoms in total. The molecule has 13 rings (SSSR count). The third kappa shape index (κ3) is 6.49. The highest BCUT2D eigenvalue weighted by molar-refractivity contribution is 6.27. The third-order valence-corrected chi connectivity index (χ3v) is 13.7. The van der Waals surface area contributed by atoms with Crippen molar-refractivity contribution in [2.75, 3.05) is 0 Å². The fourth-order valence-corrected chi connectivity index (χ4v) is 10.7. The van der Waals surface area contributed by atoms with E-state index in [0.717, 1.165) is 22.5 Å². The van der Waals surface area contributed by atoms with Crippen LogP contribution in [0.5, 0.6) is 0 Å². The molecule has 0 saturated heterocycles. The Morgan fingerprint density at radius 1 is 0.206 bits per heavy atom. The van der Waals surface area contributed by atoms with Gasteiger partial charge in [0.05, 0.1) is 22.1 Å². The third-order valence-electron chi connectivity index (χ3n) is 13.7. The van der Waals surface area contributed by atoms with Crippen molar-refractivity contribution in [3.05, 3.63) is 267 Å². The summed E-state index contributed by atoms with van der Waals surface area (Å²) in [6, 6.07) is 97.7. The van der Waals surface area contributed by atoms with Crippen molar-refractivity contribution in [3.8, 4) is 78.1 Å². The van der Waals surface area contributed by atoms with Crippen LogP contribution in [0.1, 0.15) is 0 Å². The van der Waals surface area contributed by atoms with Gasteiger partial charge in [-0.1, -0.05) is 224 Å². The molecule has 2 heterocycles. The average Bonchev–Trinajstić information content (AvgIpc) is 3.94. The summed E-state index contributed by atoms with van der Waals surface area (Å²) in [6.45, 7) is 0. The molecular weight excluding hydrogens is 821 g/mol. The first-order valence-corrected chi connectivity index (χ1v) is 23.4. The van der Waals surface area contributed by atoms with Crippen LogP contribution in [0.4, 0.5) is 0 Å². The fourth-order valence-electron chi connectivity index (χ4n) is 10.7. The highest BCUT2D eigenvalue weighted by Gasteiger charge is 2.29. The maximum atomic E-state index is 2.56. The van der Waals surface area contributed by atoms with E-state index in [1.165, 1.54) is 99.3 Å². The molecule has 0 N–H and O–H groups in total. The fraction of sp³-hybridized carbons (Fsp3) is 0. The first-order chi connectivity index (χ1) is 33.8. The van der Waals surface area contributed by atoms with E-state index in [9.17, 15) is 0 Å². The van der Waals surface area contributed by atoms with E-state index >= 15 is 0 Å². The Labute approximate surface area is 395 Å². The Bertz CT molecular complexity index is 3910. The summed E-state index contributed by atoms with van der Waals surface area (Å²) >= 11 is 0. The number of hydrogen-bond donors (Lipinski definition) is 0. The van der Waals surface area contributed by atoms with E-state index < -0.39 is 0 Å². The van der Waals surface area contributed by atoms with Crippen LogP contribution in [0, 0.1) is 0 Å². The van der Waals surface area contributed by atoms with Crippen molar-refractivity contribution in [3.63, 3.8) is 0 Å². The van der Waals surface area contributed by atoms with Crippen LogP contribution in [0.3, 0.4) is 0 Å². The van der Waals surface area contributed by atoms with Gasteiger partial charge in [-0.2, -0.15) is 0 Å². The molecule has 318 valence electrons. The molecule has 0 amide bonds. The molecule has 0 bridgehead atoms. The van der Waals surface area contributed by atoms with E-state index in [1.807, 2.05) is 0 Å². The number of fused-ring (bicyclic) bond motifs is 6. The molecule has 0 fully saturated rings. The Hall–Kier alpha value is -8.98. The molecule has 0 atom stereocenters. The van der Waals surface area contributed by atoms with Crippen LogP contribution in [-0.4, -0.2) is 9.13 Å². The highest BCUT2D eigenvalue weighted by Crippen LogP contribution is 2.54. The zero-order valence-corrected chi connectivity index (χ0v) is 37.3. The van der Waals surface area contributed by atoms with Gasteiger partial charge in [-0.15, -0.1) is 0 Å². The van der Waals surface area contributed by atoms with Crippen LogP contribution in [-0.2, 0) is 0 Å². The van der Waals surface area contributed by atoms with Crippen LogP contribution in [0.15, 0.2) is 267 Å². The molecule has 13 aromatic rings. The lowest BCUT2D eigenvalue weighted by molar-refractivity contribution is 1.13. The van der Waals surface area contributed by atoms with Gasteiger partial charge in [0.25, 0.3) is 0 Å². The summed E-state index contributed by atoms with van der Waals surface area (Å²) in [5.41, 5.74) is 21.1. The molecule has 0 saturated carbocycles. The predicted molar refractivity (Wildman–Crippen MR) is 288 cm³/mol. The standard InChI is InChI=1S/C66H44N2/c1-6-21-45(22-7-1)46-37-39-47(40-38-46)52-41-42-60-57(43-52)65-63(50-27-12-4-13-28-50)61(48-23-8-2-9-24-48)62(49-25-10-3-11-26-49)64(51-29-14-5-15-30-51)66(65)68(60)54-32-20-31-53(44-54)67-58-35-18-16-33-55(58)56-34-17-19-36-59(56)67/h1-44H. The number of aromatic nitrogens is 2. The van der Waals surface area contributed by atoms with E-state index in [1.54, 1.807) is 0 Å². The SMILES string of the molecule is c1ccc(-c2ccc(-c3ccc4c(c3)c3c(-c5ccccc5)c(-c5ccccc5)c(-c5ccccc5)c(-c5ccccc5)c3n4-c3cccc(-n4c5ccccc5c5ccccc54)c3)cc2)cc1. The summed E-state index contributed by atoms with van der Waals surface area (Å²) in [5, 5.41) is 4.90. The van der Waals surface area contributed by atoms with Crippen molar-refractivity contribution in [1.29, 1.82) is 0 Å². The Kier molecular flexibility index (Phi) is 9.54. The summed E-state index contributed by atoms with van der Waals surface area (Å²) in [6.07, 6.45) is 0. The largest absolute Gasteiger partial charge is 0.309 e. The summed E-state index contributed by atoms with van der Waals surface area (Å²) < 4.78 is 4.98. The van der Waals surface area contributed by atoms with Gasteiger partial charge in [-0.3, -0.25) is 0 Å². The van der Waals surface area contributed by atoms with Gasteiger partial charge in [0.15, 0.2) is 0 Å². The molecule has 0 spiro atoms. The van der Waals surface area contributed by atoms with Gasteiger partial charge in [-0.25, -0.2) is 0 Å². The topological polar surface area (TPSA) is 9.86 Å². The van der Waals surface area contributed by atoms with Gasteiger partial charge in [0.2, 0.25) is 0 Å². The Morgan fingerprint density at radius 3 is 1.10 bits per heavy atom. The Balaban J connectivity index is 1.21. The maximum Gasteiger partial charge on any atom is 0.0632 e. The van der Waals surface area contributed by atoms with Gasteiger partial charge in [-0.05, 0) is 92.5 Å². The maximum absolute atomic E-state index is 2.56. The zero-order chi connectivity index (χ0) is 45.0. The summed E-state index contributed by atoms with van der Waals surface area (Å²) in [5.74, 6) is 0. The van der Waals surface area contributed by atoms with E-state index in [0.29, 0.717) is 0 Å². The van der Waals surface area contributed by atoms with Crippen molar-refractivity contribution >= 4 is 43.6 Å². The predicted octanol–water partition coefficient (Wildman–Crippen LogP) is 17.9. The molecule has 0 aliphatic carbocycles. The smallest absolute Gasteiger partial charge is 0.0632 e. The molecule has 2 heteroatoms. The molecule has 0 aliphatic rings. The Morgan fingerprint density at radius 2 is 0.574 bits per heavy atom. The van der Waals surface area contributed by atoms with Crippen LogP contribution in [0.2, 0.25) is 0 Å². The number of nitrogens with zero attached hydrogens (tertiary/aromatic N) is 2. The number of benzene rings is 11. The summed E-state index contributed by atoms with van der Waals surface area (Å²) in [7, 11) is 0. The number of para-hydroxylation sites is 2. The van der Waals surface area contributed by atoms with Crippen LogP contribution >= 0.6 is 0 Å². The lowest BCUT2D eigenvalue weighted by Crippen LogP contribution is -2.02. The molecule has 11 aromatic carbocycles. The summed E-state index contributed by atoms with van der Waals surface area (Å²) in [4.78, 5) is 0. The second-order valence-corrected chi connectivity index (χ2v) is 17.6. The minimum Gasteiger partial charge on any atom is -0.309 e. The molecular formula is C66H44N2. The van der Waals surface area contributed by atoms with Crippen molar-refractivity contribution in [2.45, 2.75) is 0 Å². The monoisotopic (exact) mass is 864 g/mol. The molecule has 2 aromatic heterocycles. The first-order valence-electron chi connectivity index (χ1n) is 23.4. The zero-order valence-electron chi connectivity index (χ0n) is 37.3. The molecule has 68 heavy (non-hydrogen) atoms. The minimum atomic E-state index is 1.09. The van der Waals surface area contributed by atoms with Crippen molar-refractivity contribution in [2.24, 2.45) is 0 Å². The average molecular weight is 865 g/mol. The van der Waals surface area contributed by atoms with E-state index in [-0.39, 0.29) is 0 Å². The number of hydrogen-bond acceptors (Lipinski definition) is 0. The van der Waals surface area contributed by atoms with E-state index in [4.69, 9.17) is 0 Å². The van der Waals surface area contributed by atoms with Gasteiger partial charge < -0.3 is 9.13 Å². The van der Waals surface area contributed by atoms with Gasteiger partial charge in [0, 0.05) is 49.6 Å². The van der Waals surface area contributed by atoms with E-state index in [2.05, 4.69) is 276 Å². The second kappa shape index (κ2) is 16.5. The molecule has 0 unspecified atom stereocenters. The van der Waals surface area contributed by atoms with Gasteiger partial charge >= 0.3 is 0 Å². The van der Waals surface area contributed by atoms with Crippen molar-refractivity contribution < 1.29 is 0 Å². The quantitative estimate of drug-likeness (QED) is 0.144. The second-order valence-electron chi connectivity index (χ2n) is 17.6. The first kappa shape index (κ1) is 39.4. The van der Waals surface area contributed by atoms with Crippen LogP contribution in [0.25, 0.3) is 122 Å². The molecule has 0 aliphatic heterocycles. The lowest BCUT2D eigenvalue weighted by atomic mass is 9.80.